The van der Waals surface area contributed by atoms with Crippen molar-refractivity contribution in [2.45, 2.75) is 31.3 Å². The summed E-state index contributed by atoms with van der Waals surface area (Å²) in [5, 5.41) is 0. The lowest BCUT2D eigenvalue weighted by Crippen LogP contribution is -2.27. The molecule has 0 aliphatic heterocycles. The van der Waals surface area contributed by atoms with Crippen molar-refractivity contribution in [3.63, 3.8) is 0 Å². The molecule has 1 aliphatic rings. The Hall–Kier alpha value is 0.500. The summed E-state index contributed by atoms with van der Waals surface area (Å²) >= 11 is 0. The van der Waals surface area contributed by atoms with E-state index in [4.69, 9.17) is 5.73 Å². The highest BCUT2D eigenvalue weighted by Gasteiger charge is 2.22. The minimum atomic E-state index is 0. The van der Waals surface area contributed by atoms with E-state index in [9.17, 15) is 0 Å². The van der Waals surface area contributed by atoms with Crippen molar-refractivity contribution in [1.29, 1.82) is 0 Å². The predicted octanol–water partition coefficient (Wildman–Crippen LogP) is 1.27. The molecule has 1 saturated carbocycles. The third-order valence-corrected chi connectivity index (χ3v) is 2.18. The first-order chi connectivity index (χ1) is 4.20. The lowest BCUT2D eigenvalue weighted by atomic mass is 10.2. The lowest BCUT2D eigenvalue weighted by Gasteiger charge is -2.17. The van der Waals surface area contributed by atoms with Crippen LogP contribution >= 0.6 is 24.8 Å². The molecule has 1 fully saturated rings. The fraction of sp³-hybridized carbons (Fsp3) is 1.00. The monoisotopic (exact) mass is 200 g/mol. The molecule has 0 saturated heterocycles. The normalized spacial score (nSPS) is 29.5. The van der Waals surface area contributed by atoms with Crippen molar-refractivity contribution in [3.8, 4) is 0 Å². The van der Waals surface area contributed by atoms with Gasteiger partial charge in [-0.3, -0.25) is 0 Å². The largest absolute Gasteiger partial charge is 0.328 e. The highest BCUT2D eigenvalue weighted by molar-refractivity contribution is 5.85. The summed E-state index contributed by atoms with van der Waals surface area (Å²) in [6, 6.07) is 1.22. The average molecular weight is 201 g/mol. The van der Waals surface area contributed by atoms with Crippen molar-refractivity contribution in [3.05, 3.63) is 0 Å². The molecule has 0 amide bonds. The Morgan fingerprint density at radius 1 is 1.18 bits per heavy atom. The van der Waals surface area contributed by atoms with Gasteiger partial charge < -0.3 is 10.6 Å². The van der Waals surface area contributed by atoms with Crippen LogP contribution in [0.15, 0.2) is 0 Å². The summed E-state index contributed by atoms with van der Waals surface area (Å²) in [4.78, 5) is 2.27. The second-order valence-electron chi connectivity index (χ2n) is 3.19. The predicted molar refractivity (Wildman–Crippen MR) is 53.8 cm³/mol. The molecule has 1 aliphatic carbocycles. The fourth-order valence-electron chi connectivity index (χ4n) is 1.46. The standard InChI is InChI=1S/C7H16N2.2ClH/c1-9(2)7-4-3-6(8)5-7;;/h6-7H,3-5,8H2,1-2H3;2*1H/t6-,7?;;/m0../s1. The molecule has 11 heavy (non-hydrogen) atoms. The zero-order valence-electron chi connectivity index (χ0n) is 7.12. The van der Waals surface area contributed by atoms with E-state index < -0.39 is 0 Å². The average Bonchev–Trinajstić information content (AvgIpc) is 2.14. The Morgan fingerprint density at radius 3 is 1.91 bits per heavy atom. The summed E-state index contributed by atoms with van der Waals surface area (Å²) in [7, 11) is 4.26. The van der Waals surface area contributed by atoms with Gasteiger partial charge in [-0.15, -0.1) is 24.8 Å². The molecule has 0 radical (unpaired) electrons. The Morgan fingerprint density at radius 2 is 1.73 bits per heavy atom. The highest BCUT2D eigenvalue weighted by Crippen LogP contribution is 2.20. The molecule has 0 aromatic carbocycles. The molecule has 0 bridgehead atoms. The van der Waals surface area contributed by atoms with Gasteiger partial charge in [-0.05, 0) is 33.4 Å². The van der Waals surface area contributed by atoms with Gasteiger partial charge in [0.1, 0.15) is 0 Å². The molecule has 70 valence electrons. The van der Waals surface area contributed by atoms with E-state index in [1.54, 1.807) is 0 Å². The third kappa shape index (κ3) is 4.16. The Bertz CT molecular complexity index is 98.4. The zero-order valence-corrected chi connectivity index (χ0v) is 8.75. The second kappa shape index (κ2) is 6.06. The van der Waals surface area contributed by atoms with Crippen molar-refractivity contribution >= 4 is 24.8 Å². The molecule has 0 aromatic rings. The Balaban J connectivity index is 0. The Kier molecular flexibility index (Phi) is 7.75. The zero-order chi connectivity index (χ0) is 6.85. The van der Waals surface area contributed by atoms with E-state index >= 15 is 0 Å². The van der Waals surface area contributed by atoms with Crippen molar-refractivity contribution in [2.24, 2.45) is 5.73 Å². The number of nitrogens with zero attached hydrogens (tertiary/aromatic N) is 1. The molecule has 0 aromatic heterocycles. The van der Waals surface area contributed by atoms with Crippen LogP contribution in [0.1, 0.15) is 19.3 Å². The fourth-order valence-corrected chi connectivity index (χ4v) is 1.46. The van der Waals surface area contributed by atoms with E-state index in [-0.39, 0.29) is 24.8 Å². The van der Waals surface area contributed by atoms with Crippen LogP contribution in [0.5, 0.6) is 0 Å². The molecule has 0 spiro atoms. The summed E-state index contributed by atoms with van der Waals surface area (Å²) < 4.78 is 0. The molecular formula is C7H18Cl2N2. The van der Waals surface area contributed by atoms with Crippen LogP contribution in [0.4, 0.5) is 0 Å². The Labute approximate surface area is 81.3 Å². The maximum Gasteiger partial charge on any atom is 0.0104 e. The van der Waals surface area contributed by atoms with Crippen molar-refractivity contribution in [1.82, 2.24) is 4.90 Å². The van der Waals surface area contributed by atoms with Crippen LogP contribution in [0.2, 0.25) is 0 Å². The number of hydrogen-bond donors (Lipinski definition) is 1. The number of hydrogen-bond acceptors (Lipinski definition) is 2. The summed E-state index contributed by atoms with van der Waals surface area (Å²) in [5.41, 5.74) is 5.74. The van der Waals surface area contributed by atoms with Crippen LogP contribution in [0.25, 0.3) is 0 Å². The van der Waals surface area contributed by atoms with Crippen molar-refractivity contribution in [2.75, 3.05) is 14.1 Å². The summed E-state index contributed by atoms with van der Waals surface area (Å²) in [5.74, 6) is 0. The minimum absolute atomic E-state index is 0. The van der Waals surface area contributed by atoms with Gasteiger partial charge in [-0.2, -0.15) is 0 Å². The van der Waals surface area contributed by atoms with Crippen molar-refractivity contribution < 1.29 is 0 Å². The number of rotatable bonds is 1. The minimum Gasteiger partial charge on any atom is -0.328 e. The van der Waals surface area contributed by atoms with Gasteiger partial charge in [0.25, 0.3) is 0 Å². The van der Waals surface area contributed by atoms with Crippen LogP contribution < -0.4 is 5.73 Å². The highest BCUT2D eigenvalue weighted by atomic mass is 35.5. The second-order valence-corrected chi connectivity index (χ2v) is 3.19. The van der Waals surface area contributed by atoms with Crippen LogP contribution in [-0.2, 0) is 0 Å². The van der Waals surface area contributed by atoms with Crippen LogP contribution in [0.3, 0.4) is 0 Å². The van der Waals surface area contributed by atoms with E-state index in [0.29, 0.717) is 6.04 Å². The van der Waals surface area contributed by atoms with Gasteiger partial charge in [0.05, 0.1) is 0 Å². The molecule has 1 unspecified atom stereocenters. The van der Waals surface area contributed by atoms with Gasteiger partial charge in [0.15, 0.2) is 0 Å². The SMILES string of the molecule is CN(C)C1CC[C@H](N)C1.Cl.Cl. The number of nitrogens with two attached hydrogens (primary N) is 1. The smallest absolute Gasteiger partial charge is 0.0104 e. The van der Waals surface area contributed by atoms with E-state index in [2.05, 4.69) is 19.0 Å². The van der Waals surface area contributed by atoms with Gasteiger partial charge in [-0.1, -0.05) is 0 Å². The van der Waals surface area contributed by atoms with Crippen LogP contribution in [0, 0.1) is 0 Å². The first-order valence-electron chi connectivity index (χ1n) is 3.62. The summed E-state index contributed by atoms with van der Waals surface area (Å²) in [6.07, 6.45) is 3.68. The molecule has 2 atom stereocenters. The van der Waals surface area contributed by atoms with Gasteiger partial charge >= 0.3 is 0 Å². The maximum absolute atomic E-state index is 5.74. The van der Waals surface area contributed by atoms with Gasteiger partial charge in [0, 0.05) is 12.1 Å². The van der Waals surface area contributed by atoms with Crippen LogP contribution in [-0.4, -0.2) is 31.1 Å². The van der Waals surface area contributed by atoms with Gasteiger partial charge in [0.2, 0.25) is 0 Å². The molecule has 1 rings (SSSR count). The van der Waals surface area contributed by atoms with E-state index in [0.717, 1.165) is 6.04 Å². The first kappa shape index (κ1) is 14.0. The molecule has 2 N–H and O–H groups in total. The summed E-state index contributed by atoms with van der Waals surface area (Å²) in [6.45, 7) is 0. The quantitative estimate of drug-likeness (QED) is 0.692. The molecule has 0 heterocycles. The third-order valence-electron chi connectivity index (χ3n) is 2.18. The van der Waals surface area contributed by atoms with E-state index in [1.807, 2.05) is 0 Å². The van der Waals surface area contributed by atoms with Gasteiger partial charge in [-0.25, -0.2) is 0 Å². The molecule has 4 heteroatoms. The first-order valence-corrected chi connectivity index (χ1v) is 3.62. The molecular weight excluding hydrogens is 183 g/mol. The lowest BCUT2D eigenvalue weighted by molar-refractivity contribution is 0.297. The van der Waals surface area contributed by atoms with E-state index in [1.165, 1.54) is 19.3 Å². The number of halogens is 2. The molecule has 2 nitrogen and oxygen atoms in total. The maximum atomic E-state index is 5.74. The topological polar surface area (TPSA) is 29.3 Å².